The molecule has 0 aromatic heterocycles. The SMILES string of the molecule is Brc1ccccc1N1Cc2ccc3ccccc3c2-c2c(ccc3ccccc23)C1. The maximum atomic E-state index is 3.78. The van der Waals surface area contributed by atoms with Gasteiger partial charge in [0, 0.05) is 17.6 Å². The molecule has 6 rings (SSSR count). The van der Waals surface area contributed by atoms with Gasteiger partial charge in [0.2, 0.25) is 0 Å². The number of fused-ring (bicyclic) bond motifs is 7. The number of halogens is 1. The number of nitrogens with zero attached hydrogens (tertiary/aromatic N) is 1. The van der Waals surface area contributed by atoms with E-state index in [0.29, 0.717) is 0 Å². The fraction of sp³-hybridized carbons (Fsp3) is 0.0714. The van der Waals surface area contributed by atoms with Crippen molar-refractivity contribution in [1.29, 1.82) is 0 Å². The van der Waals surface area contributed by atoms with E-state index in [1.165, 1.54) is 49.5 Å². The van der Waals surface area contributed by atoms with Crippen LogP contribution in [0.5, 0.6) is 0 Å². The van der Waals surface area contributed by atoms with Crippen molar-refractivity contribution in [1.82, 2.24) is 0 Å². The zero-order valence-electron chi connectivity index (χ0n) is 16.5. The lowest BCUT2D eigenvalue weighted by atomic mass is 9.88. The summed E-state index contributed by atoms with van der Waals surface area (Å²) in [6, 6.07) is 35.2. The number of hydrogen-bond acceptors (Lipinski definition) is 1. The molecule has 0 atom stereocenters. The van der Waals surface area contributed by atoms with Gasteiger partial charge in [-0.2, -0.15) is 0 Å². The topological polar surface area (TPSA) is 3.24 Å². The molecule has 1 aliphatic rings. The fourth-order valence-corrected chi connectivity index (χ4v) is 5.37. The van der Waals surface area contributed by atoms with Crippen molar-refractivity contribution in [2.75, 3.05) is 4.90 Å². The van der Waals surface area contributed by atoms with Gasteiger partial charge in [-0.15, -0.1) is 0 Å². The Bertz CT molecular complexity index is 1330. The third-order valence-corrected chi connectivity index (χ3v) is 6.87. The van der Waals surface area contributed by atoms with Crippen molar-refractivity contribution in [2.24, 2.45) is 0 Å². The monoisotopic (exact) mass is 449 g/mol. The molecule has 0 N–H and O–H groups in total. The van der Waals surface area contributed by atoms with Crippen LogP contribution in [-0.2, 0) is 13.1 Å². The first-order chi connectivity index (χ1) is 14.8. The first-order valence-electron chi connectivity index (χ1n) is 10.3. The summed E-state index contributed by atoms with van der Waals surface area (Å²) in [5.41, 5.74) is 6.75. The van der Waals surface area contributed by atoms with Gasteiger partial charge in [0.15, 0.2) is 0 Å². The van der Waals surface area contributed by atoms with Gasteiger partial charge < -0.3 is 4.90 Å². The van der Waals surface area contributed by atoms with E-state index in [1.54, 1.807) is 0 Å². The van der Waals surface area contributed by atoms with E-state index < -0.39 is 0 Å². The molecule has 0 aliphatic carbocycles. The van der Waals surface area contributed by atoms with E-state index >= 15 is 0 Å². The zero-order valence-corrected chi connectivity index (χ0v) is 18.1. The first-order valence-corrected chi connectivity index (χ1v) is 11.1. The summed E-state index contributed by atoms with van der Waals surface area (Å²) < 4.78 is 1.14. The number of anilines is 1. The third kappa shape index (κ3) is 2.75. The third-order valence-electron chi connectivity index (χ3n) is 6.20. The zero-order chi connectivity index (χ0) is 20.1. The molecule has 0 spiro atoms. The molecule has 30 heavy (non-hydrogen) atoms. The van der Waals surface area contributed by atoms with Crippen LogP contribution in [0.2, 0.25) is 0 Å². The van der Waals surface area contributed by atoms with Crippen LogP contribution in [0, 0.1) is 0 Å². The van der Waals surface area contributed by atoms with Crippen molar-refractivity contribution < 1.29 is 0 Å². The van der Waals surface area contributed by atoms with Gasteiger partial charge in [-0.1, -0.05) is 84.9 Å². The van der Waals surface area contributed by atoms with Gasteiger partial charge in [0.1, 0.15) is 0 Å². The van der Waals surface area contributed by atoms with E-state index in [1.807, 2.05) is 0 Å². The quantitative estimate of drug-likeness (QED) is 0.251. The molecule has 5 aromatic carbocycles. The number of para-hydroxylation sites is 1. The van der Waals surface area contributed by atoms with Crippen LogP contribution >= 0.6 is 15.9 Å². The Morgan fingerprint density at radius 1 is 0.533 bits per heavy atom. The van der Waals surface area contributed by atoms with Crippen molar-refractivity contribution >= 4 is 43.2 Å². The molecule has 1 nitrogen and oxygen atoms in total. The molecule has 5 aromatic rings. The minimum atomic E-state index is 0.881. The molecule has 0 bridgehead atoms. The molecule has 0 saturated carbocycles. The highest BCUT2D eigenvalue weighted by Crippen LogP contribution is 2.43. The highest BCUT2D eigenvalue weighted by molar-refractivity contribution is 9.10. The van der Waals surface area contributed by atoms with Crippen molar-refractivity contribution in [3.05, 3.63) is 113 Å². The molecule has 1 aliphatic heterocycles. The van der Waals surface area contributed by atoms with Crippen molar-refractivity contribution in [3.8, 4) is 11.1 Å². The highest BCUT2D eigenvalue weighted by Gasteiger charge is 2.24. The average molecular weight is 450 g/mol. The van der Waals surface area contributed by atoms with Crippen LogP contribution in [0.3, 0.4) is 0 Å². The van der Waals surface area contributed by atoms with Gasteiger partial charge >= 0.3 is 0 Å². The first kappa shape index (κ1) is 17.7. The van der Waals surface area contributed by atoms with E-state index in [2.05, 4.69) is 118 Å². The molecule has 0 saturated heterocycles. The summed E-state index contributed by atoms with van der Waals surface area (Å²) >= 11 is 3.78. The molecule has 0 fully saturated rings. The van der Waals surface area contributed by atoms with E-state index in [9.17, 15) is 0 Å². The maximum absolute atomic E-state index is 3.78. The smallest absolute Gasteiger partial charge is 0.0516 e. The molecular weight excluding hydrogens is 430 g/mol. The lowest BCUT2D eigenvalue weighted by Gasteiger charge is -2.25. The summed E-state index contributed by atoms with van der Waals surface area (Å²) in [6.07, 6.45) is 0. The number of benzene rings is 5. The summed E-state index contributed by atoms with van der Waals surface area (Å²) in [4.78, 5) is 2.48. The summed E-state index contributed by atoms with van der Waals surface area (Å²) in [5, 5.41) is 5.26. The minimum absolute atomic E-state index is 0.881. The average Bonchev–Trinajstić information content (AvgIpc) is 2.96. The maximum Gasteiger partial charge on any atom is 0.0516 e. The predicted molar refractivity (Wildman–Crippen MR) is 131 cm³/mol. The highest BCUT2D eigenvalue weighted by atomic mass is 79.9. The minimum Gasteiger partial charge on any atom is -0.362 e. The second kappa shape index (κ2) is 7.00. The van der Waals surface area contributed by atoms with Crippen LogP contribution in [0.4, 0.5) is 5.69 Å². The predicted octanol–water partition coefficient (Wildman–Crippen LogP) is 7.94. The van der Waals surface area contributed by atoms with E-state index in [0.717, 1.165) is 17.6 Å². The van der Waals surface area contributed by atoms with Gasteiger partial charge in [-0.25, -0.2) is 0 Å². The van der Waals surface area contributed by atoms with Crippen LogP contribution in [0.25, 0.3) is 32.7 Å². The lowest BCUT2D eigenvalue weighted by Crippen LogP contribution is -2.21. The molecule has 0 unspecified atom stereocenters. The molecule has 144 valence electrons. The van der Waals surface area contributed by atoms with Crippen molar-refractivity contribution in [2.45, 2.75) is 13.1 Å². The van der Waals surface area contributed by atoms with Gasteiger partial charge in [0.25, 0.3) is 0 Å². The Balaban J connectivity index is 1.71. The Labute approximate surface area is 184 Å². The normalized spacial score (nSPS) is 13.2. The Hall–Kier alpha value is -3.10. The van der Waals surface area contributed by atoms with Crippen LogP contribution in [0.15, 0.2) is 102 Å². The van der Waals surface area contributed by atoms with Gasteiger partial charge in [0.05, 0.1) is 5.69 Å². The fourth-order valence-electron chi connectivity index (χ4n) is 4.83. The van der Waals surface area contributed by atoms with Crippen LogP contribution in [0.1, 0.15) is 11.1 Å². The standard InChI is InChI=1S/C28H20BrN/c29-25-11-5-6-12-26(25)30-17-21-15-13-19-7-1-3-9-23(19)27(21)28-22(18-30)16-14-20-8-2-4-10-24(20)28/h1-16H,17-18H2. The van der Waals surface area contributed by atoms with Crippen LogP contribution in [-0.4, -0.2) is 0 Å². The van der Waals surface area contributed by atoms with Crippen LogP contribution < -0.4 is 4.90 Å². The van der Waals surface area contributed by atoms with Gasteiger partial charge in [-0.05, 0) is 71.9 Å². The molecule has 2 heteroatoms. The molecular formula is C28H20BrN. The molecule has 0 amide bonds. The Kier molecular flexibility index (Phi) is 4.14. The molecule has 1 heterocycles. The number of hydrogen-bond donors (Lipinski definition) is 0. The Morgan fingerprint density at radius 3 is 1.60 bits per heavy atom. The summed E-state index contributed by atoms with van der Waals surface area (Å²) in [7, 11) is 0. The number of rotatable bonds is 1. The van der Waals surface area contributed by atoms with E-state index in [-0.39, 0.29) is 0 Å². The Morgan fingerprint density at radius 2 is 1.03 bits per heavy atom. The van der Waals surface area contributed by atoms with E-state index in [4.69, 9.17) is 0 Å². The summed E-state index contributed by atoms with van der Waals surface area (Å²) in [6.45, 7) is 1.76. The van der Waals surface area contributed by atoms with Gasteiger partial charge in [-0.3, -0.25) is 0 Å². The second-order valence-corrected chi connectivity index (χ2v) is 8.80. The van der Waals surface area contributed by atoms with Crippen molar-refractivity contribution in [3.63, 3.8) is 0 Å². The summed E-state index contributed by atoms with van der Waals surface area (Å²) in [5.74, 6) is 0. The second-order valence-electron chi connectivity index (χ2n) is 7.95. The largest absolute Gasteiger partial charge is 0.362 e. The molecule has 0 radical (unpaired) electrons. The lowest BCUT2D eigenvalue weighted by molar-refractivity contribution is 0.811.